The SMILES string of the molecule is COCc1cccc(CNCC(O)C(F)F)c1. The molecule has 0 bridgehead atoms. The highest BCUT2D eigenvalue weighted by Crippen LogP contribution is 2.06. The van der Waals surface area contributed by atoms with Crippen molar-refractivity contribution in [1.82, 2.24) is 5.32 Å². The van der Waals surface area contributed by atoms with Crippen molar-refractivity contribution in [1.29, 1.82) is 0 Å². The number of aliphatic hydroxyl groups is 1. The second-order valence-electron chi connectivity index (χ2n) is 3.79. The van der Waals surface area contributed by atoms with Crippen molar-refractivity contribution < 1.29 is 18.6 Å². The molecule has 0 aromatic heterocycles. The molecule has 0 saturated carbocycles. The van der Waals surface area contributed by atoms with Crippen LogP contribution in [0.2, 0.25) is 0 Å². The predicted octanol–water partition coefficient (Wildman–Crippen LogP) is 1.55. The summed E-state index contributed by atoms with van der Waals surface area (Å²) in [6.07, 6.45) is -4.32. The maximum absolute atomic E-state index is 12.0. The van der Waals surface area contributed by atoms with Crippen LogP contribution in [0.25, 0.3) is 0 Å². The number of aliphatic hydroxyl groups excluding tert-OH is 1. The summed E-state index contributed by atoms with van der Waals surface area (Å²) in [6, 6.07) is 7.64. The van der Waals surface area contributed by atoms with Crippen molar-refractivity contribution >= 4 is 0 Å². The highest BCUT2D eigenvalue weighted by atomic mass is 19.3. The number of nitrogens with one attached hydrogen (secondary N) is 1. The van der Waals surface area contributed by atoms with Crippen molar-refractivity contribution in [3.63, 3.8) is 0 Å². The molecule has 1 unspecified atom stereocenters. The maximum Gasteiger partial charge on any atom is 0.265 e. The van der Waals surface area contributed by atoms with Crippen LogP contribution >= 0.6 is 0 Å². The van der Waals surface area contributed by atoms with Crippen molar-refractivity contribution in [3.8, 4) is 0 Å². The normalized spacial score (nSPS) is 13.0. The molecular formula is C12H17F2NO2. The van der Waals surface area contributed by atoms with Gasteiger partial charge < -0.3 is 15.2 Å². The van der Waals surface area contributed by atoms with Gasteiger partial charge in [0.1, 0.15) is 6.10 Å². The lowest BCUT2D eigenvalue weighted by molar-refractivity contribution is -0.00340. The van der Waals surface area contributed by atoms with E-state index in [1.165, 1.54) is 0 Å². The fraction of sp³-hybridized carbons (Fsp3) is 0.500. The highest BCUT2D eigenvalue weighted by molar-refractivity contribution is 5.22. The Morgan fingerprint density at radius 2 is 2.06 bits per heavy atom. The van der Waals surface area contributed by atoms with Crippen LogP contribution in [0.15, 0.2) is 24.3 Å². The van der Waals surface area contributed by atoms with E-state index in [-0.39, 0.29) is 6.54 Å². The van der Waals surface area contributed by atoms with Crippen molar-refractivity contribution in [2.75, 3.05) is 13.7 Å². The molecule has 0 aliphatic rings. The molecule has 1 atom stereocenters. The fourth-order valence-electron chi connectivity index (χ4n) is 1.45. The molecule has 0 aliphatic heterocycles. The van der Waals surface area contributed by atoms with Gasteiger partial charge in [0, 0.05) is 20.2 Å². The zero-order valence-corrected chi connectivity index (χ0v) is 9.70. The smallest absolute Gasteiger partial charge is 0.265 e. The van der Waals surface area contributed by atoms with E-state index in [1.807, 2.05) is 24.3 Å². The molecule has 1 rings (SSSR count). The Labute approximate surface area is 99.4 Å². The van der Waals surface area contributed by atoms with E-state index in [1.54, 1.807) is 7.11 Å². The van der Waals surface area contributed by atoms with E-state index in [9.17, 15) is 8.78 Å². The Bertz CT molecular complexity index is 334. The van der Waals surface area contributed by atoms with Gasteiger partial charge in [0.25, 0.3) is 6.43 Å². The fourth-order valence-corrected chi connectivity index (χ4v) is 1.45. The van der Waals surface area contributed by atoms with E-state index in [4.69, 9.17) is 9.84 Å². The summed E-state index contributed by atoms with van der Waals surface area (Å²) in [4.78, 5) is 0. The monoisotopic (exact) mass is 245 g/mol. The summed E-state index contributed by atoms with van der Waals surface area (Å²) in [5.74, 6) is 0. The third-order valence-corrected chi connectivity index (χ3v) is 2.28. The van der Waals surface area contributed by atoms with Crippen LogP contribution in [0.1, 0.15) is 11.1 Å². The first-order valence-corrected chi connectivity index (χ1v) is 5.37. The zero-order valence-electron chi connectivity index (χ0n) is 9.70. The summed E-state index contributed by atoms with van der Waals surface area (Å²) >= 11 is 0. The van der Waals surface area contributed by atoms with Gasteiger partial charge in [-0.1, -0.05) is 24.3 Å². The molecule has 0 saturated heterocycles. The van der Waals surface area contributed by atoms with Crippen LogP contribution in [-0.2, 0) is 17.9 Å². The van der Waals surface area contributed by atoms with Crippen LogP contribution in [0.5, 0.6) is 0 Å². The third-order valence-electron chi connectivity index (χ3n) is 2.28. The second kappa shape index (κ2) is 7.32. The van der Waals surface area contributed by atoms with Gasteiger partial charge in [-0.15, -0.1) is 0 Å². The number of hydrogen-bond donors (Lipinski definition) is 2. The van der Waals surface area contributed by atoms with Gasteiger partial charge in [0.15, 0.2) is 0 Å². The van der Waals surface area contributed by atoms with Crippen molar-refractivity contribution in [3.05, 3.63) is 35.4 Å². The molecule has 0 spiro atoms. The molecule has 0 heterocycles. The van der Waals surface area contributed by atoms with Gasteiger partial charge in [-0.3, -0.25) is 0 Å². The van der Waals surface area contributed by atoms with E-state index in [0.29, 0.717) is 13.2 Å². The summed E-state index contributed by atoms with van der Waals surface area (Å²) in [5.41, 5.74) is 2.00. The number of alkyl halides is 2. The molecule has 17 heavy (non-hydrogen) atoms. The number of benzene rings is 1. The standard InChI is InChI=1S/C12H17F2NO2/c1-17-8-10-4-2-3-9(5-10)6-15-7-11(16)12(13)14/h2-5,11-12,15-16H,6-8H2,1H3. The molecule has 1 aromatic rings. The average Bonchev–Trinajstić information content (AvgIpc) is 2.29. The quantitative estimate of drug-likeness (QED) is 0.765. The molecule has 3 nitrogen and oxygen atoms in total. The molecule has 0 amide bonds. The minimum absolute atomic E-state index is 0.119. The van der Waals surface area contributed by atoms with Gasteiger partial charge in [-0.05, 0) is 11.1 Å². The van der Waals surface area contributed by atoms with E-state index in [2.05, 4.69) is 5.32 Å². The summed E-state index contributed by atoms with van der Waals surface area (Å²) in [7, 11) is 1.61. The van der Waals surface area contributed by atoms with Crippen LogP contribution in [0.4, 0.5) is 8.78 Å². The summed E-state index contributed by atoms with van der Waals surface area (Å²) < 4.78 is 29.0. The Morgan fingerprint density at radius 1 is 1.35 bits per heavy atom. The second-order valence-corrected chi connectivity index (χ2v) is 3.79. The van der Waals surface area contributed by atoms with Gasteiger partial charge >= 0.3 is 0 Å². The first kappa shape index (κ1) is 14.0. The summed E-state index contributed by atoms with van der Waals surface area (Å²) in [5, 5.41) is 11.7. The number of ether oxygens (including phenoxy) is 1. The molecule has 0 radical (unpaired) electrons. The molecule has 5 heteroatoms. The minimum atomic E-state index is -2.71. The Morgan fingerprint density at radius 3 is 2.71 bits per heavy atom. The number of hydrogen-bond acceptors (Lipinski definition) is 3. The number of methoxy groups -OCH3 is 1. The van der Waals surface area contributed by atoms with Crippen molar-refractivity contribution in [2.45, 2.75) is 25.7 Å². The first-order valence-electron chi connectivity index (χ1n) is 5.37. The molecule has 1 aromatic carbocycles. The maximum atomic E-state index is 12.0. The lowest BCUT2D eigenvalue weighted by Crippen LogP contribution is -2.31. The Balaban J connectivity index is 2.38. The van der Waals surface area contributed by atoms with Crippen LogP contribution in [0.3, 0.4) is 0 Å². The largest absolute Gasteiger partial charge is 0.386 e. The lowest BCUT2D eigenvalue weighted by Gasteiger charge is -2.11. The average molecular weight is 245 g/mol. The Kier molecular flexibility index (Phi) is 6.04. The van der Waals surface area contributed by atoms with Crippen LogP contribution < -0.4 is 5.32 Å². The van der Waals surface area contributed by atoms with E-state index < -0.39 is 12.5 Å². The molecule has 2 N–H and O–H groups in total. The molecule has 96 valence electrons. The molecular weight excluding hydrogens is 228 g/mol. The number of halogens is 2. The zero-order chi connectivity index (χ0) is 12.7. The number of rotatable bonds is 7. The van der Waals surface area contributed by atoms with Gasteiger partial charge in [-0.2, -0.15) is 0 Å². The highest BCUT2D eigenvalue weighted by Gasteiger charge is 2.15. The molecule has 0 fully saturated rings. The topological polar surface area (TPSA) is 41.5 Å². The van der Waals surface area contributed by atoms with Crippen molar-refractivity contribution in [2.24, 2.45) is 0 Å². The van der Waals surface area contributed by atoms with Crippen LogP contribution in [0, 0.1) is 0 Å². The van der Waals surface area contributed by atoms with Gasteiger partial charge in [0.2, 0.25) is 0 Å². The van der Waals surface area contributed by atoms with Gasteiger partial charge in [0.05, 0.1) is 6.61 Å². The van der Waals surface area contributed by atoms with Crippen LogP contribution in [-0.4, -0.2) is 31.3 Å². The Hall–Kier alpha value is -1.04. The van der Waals surface area contributed by atoms with E-state index >= 15 is 0 Å². The first-order chi connectivity index (χ1) is 8.13. The predicted molar refractivity (Wildman–Crippen MR) is 60.9 cm³/mol. The lowest BCUT2D eigenvalue weighted by atomic mass is 10.1. The van der Waals surface area contributed by atoms with E-state index in [0.717, 1.165) is 11.1 Å². The molecule has 0 aliphatic carbocycles. The summed E-state index contributed by atoms with van der Waals surface area (Å²) in [6.45, 7) is 0.848. The minimum Gasteiger partial charge on any atom is -0.386 e. The third kappa shape index (κ3) is 5.21. The van der Waals surface area contributed by atoms with Gasteiger partial charge in [-0.25, -0.2) is 8.78 Å².